The second kappa shape index (κ2) is 4.80. The Balaban J connectivity index is 2.33. The smallest absolute Gasteiger partial charge is 0.339 e. The second-order valence-electron chi connectivity index (χ2n) is 3.08. The fraction of sp³-hybridized carbons (Fsp3) is 0. The van der Waals surface area contributed by atoms with Crippen LogP contribution < -0.4 is 4.74 Å². The molecule has 0 aliphatic rings. The van der Waals surface area contributed by atoms with Gasteiger partial charge in [-0.05, 0) is 12.1 Å². The van der Waals surface area contributed by atoms with Crippen LogP contribution in [0.15, 0.2) is 36.7 Å². The van der Waals surface area contributed by atoms with Gasteiger partial charge in [0.25, 0.3) is 0 Å². The Morgan fingerprint density at radius 2 is 2.06 bits per heavy atom. The van der Waals surface area contributed by atoms with Gasteiger partial charge in [0.1, 0.15) is 11.3 Å². The van der Waals surface area contributed by atoms with E-state index in [2.05, 4.69) is 9.97 Å². The number of carboxylic acid groups (broad SMARTS) is 1. The van der Waals surface area contributed by atoms with E-state index in [-0.39, 0.29) is 22.3 Å². The maximum absolute atomic E-state index is 10.9. The number of para-hydroxylation sites is 1. The van der Waals surface area contributed by atoms with Gasteiger partial charge in [-0.3, -0.25) is 4.98 Å². The van der Waals surface area contributed by atoms with Crippen LogP contribution in [0, 0.1) is 0 Å². The molecule has 2 rings (SSSR count). The molecule has 0 aliphatic carbocycles. The van der Waals surface area contributed by atoms with Crippen molar-refractivity contribution in [2.75, 3.05) is 0 Å². The maximum Gasteiger partial charge on any atom is 0.339 e. The topological polar surface area (TPSA) is 72.3 Å². The van der Waals surface area contributed by atoms with Crippen molar-refractivity contribution in [1.82, 2.24) is 9.97 Å². The number of ether oxygens (including phenoxy) is 1. The molecule has 86 valence electrons. The van der Waals surface area contributed by atoms with Crippen molar-refractivity contribution in [1.29, 1.82) is 0 Å². The summed E-state index contributed by atoms with van der Waals surface area (Å²) in [5.41, 5.74) is 0.0503. The van der Waals surface area contributed by atoms with E-state index in [4.69, 9.17) is 21.4 Å². The lowest BCUT2D eigenvalue weighted by Crippen LogP contribution is -2.00. The van der Waals surface area contributed by atoms with Crippen LogP contribution in [0.3, 0.4) is 0 Å². The molecule has 0 radical (unpaired) electrons. The Labute approximate surface area is 102 Å². The van der Waals surface area contributed by atoms with E-state index >= 15 is 0 Å². The molecule has 5 nitrogen and oxygen atoms in total. The quantitative estimate of drug-likeness (QED) is 0.907. The van der Waals surface area contributed by atoms with Crippen molar-refractivity contribution in [2.45, 2.75) is 0 Å². The van der Waals surface area contributed by atoms with Crippen LogP contribution in [0.25, 0.3) is 0 Å². The second-order valence-corrected chi connectivity index (χ2v) is 3.47. The molecule has 0 aliphatic heterocycles. The first-order chi connectivity index (χ1) is 8.16. The Morgan fingerprint density at radius 1 is 1.29 bits per heavy atom. The summed E-state index contributed by atoms with van der Waals surface area (Å²) in [5.74, 6) is -0.738. The zero-order valence-corrected chi connectivity index (χ0v) is 9.26. The molecule has 0 atom stereocenters. The van der Waals surface area contributed by atoms with Gasteiger partial charge in [-0.15, -0.1) is 0 Å². The molecule has 17 heavy (non-hydrogen) atoms. The largest absolute Gasteiger partial charge is 0.478 e. The minimum absolute atomic E-state index is 0.0503. The van der Waals surface area contributed by atoms with Crippen LogP contribution in [0.2, 0.25) is 5.15 Å². The first kappa shape index (κ1) is 11.3. The number of halogens is 1. The molecule has 1 heterocycles. The van der Waals surface area contributed by atoms with Gasteiger partial charge in [0, 0.05) is 0 Å². The first-order valence-electron chi connectivity index (χ1n) is 4.64. The Hall–Kier alpha value is -2.14. The summed E-state index contributed by atoms with van der Waals surface area (Å²) < 4.78 is 5.31. The summed E-state index contributed by atoms with van der Waals surface area (Å²) in [6.45, 7) is 0. The van der Waals surface area contributed by atoms with E-state index in [1.165, 1.54) is 24.5 Å². The summed E-state index contributed by atoms with van der Waals surface area (Å²) in [5, 5.41) is 9.13. The van der Waals surface area contributed by atoms with Crippen molar-refractivity contribution in [3.63, 3.8) is 0 Å². The van der Waals surface area contributed by atoms with E-state index in [1.54, 1.807) is 12.1 Å². The maximum atomic E-state index is 10.9. The standard InChI is InChI=1S/C11H7ClN2O3/c12-9-5-13-6-10(14-9)17-8-4-2-1-3-7(8)11(15)16/h1-6H,(H,15,16). The van der Waals surface area contributed by atoms with Gasteiger partial charge < -0.3 is 9.84 Å². The van der Waals surface area contributed by atoms with E-state index in [9.17, 15) is 4.79 Å². The number of nitrogens with zero attached hydrogens (tertiary/aromatic N) is 2. The number of aromatic nitrogens is 2. The molecular weight excluding hydrogens is 244 g/mol. The van der Waals surface area contributed by atoms with Crippen LogP contribution in [-0.2, 0) is 0 Å². The first-order valence-corrected chi connectivity index (χ1v) is 5.02. The number of hydrogen-bond acceptors (Lipinski definition) is 4. The molecule has 6 heteroatoms. The third kappa shape index (κ3) is 2.70. The number of benzene rings is 1. The Kier molecular flexibility index (Phi) is 3.20. The lowest BCUT2D eigenvalue weighted by molar-refractivity contribution is 0.0694. The number of aromatic carboxylic acids is 1. The lowest BCUT2D eigenvalue weighted by atomic mass is 10.2. The predicted molar refractivity (Wildman–Crippen MR) is 60.5 cm³/mol. The van der Waals surface area contributed by atoms with Crippen molar-refractivity contribution < 1.29 is 14.6 Å². The van der Waals surface area contributed by atoms with Crippen LogP contribution in [0.1, 0.15) is 10.4 Å². The third-order valence-corrected chi connectivity index (χ3v) is 2.10. The van der Waals surface area contributed by atoms with Gasteiger partial charge in [-0.1, -0.05) is 23.7 Å². The highest BCUT2D eigenvalue weighted by molar-refractivity contribution is 6.29. The molecule has 1 aromatic heterocycles. The minimum atomic E-state index is -1.07. The molecule has 0 bridgehead atoms. The van der Waals surface area contributed by atoms with Crippen molar-refractivity contribution in [2.24, 2.45) is 0 Å². The Morgan fingerprint density at radius 3 is 2.76 bits per heavy atom. The molecule has 0 amide bonds. The van der Waals surface area contributed by atoms with Gasteiger partial charge in [0.15, 0.2) is 5.15 Å². The molecular formula is C11H7ClN2O3. The van der Waals surface area contributed by atoms with E-state index < -0.39 is 5.97 Å². The van der Waals surface area contributed by atoms with E-state index in [1.807, 2.05) is 0 Å². The number of rotatable bonds is 3. The van der Waals surface area contributed by atoms with Gasteiger partial charge in [-0.2, -0.15) is 4.98 Å². The van der Waals surface area contributed by atoms with E-state index in [0.717, 1.165) is 0 Å². The summed E-state index contributed by atoms with van der Waals surface area (Å²) in [7, 11) is 0. The van der Waals surface area contributed by atoms with Crippen LogP contribution in [-0.4, -0.2) is 21.0 Å². The number of carboxylic acids is 1. The van der Waals surface area contributed by atoms with Crippen LogP contribution in [0.5, 0.6) is 11.6 Å². The van der Waals surface area contributed by atoms with Crippen LogP contribution in [0.4, 0.5) is 0 Å². The van der Waals surface area contributed by atoms with Gasteiger partial charge in [0.2, 0.25) is 5.88 Å². The Bertz CT molecular complexity index is 560. The lowest BCUT2D eigenvalue weighted by Gasteiger charge is -2.06. The zero-order valence-electron chi connectivity index (χ0n) is 8.50. The number of hydrogen-bond donors (Lipinski definition) is 1. The van der Waals surface area contributed by atoms with Crippen molar-refractivity contribution in [3.8, 4) is 11.6 Å². The summed E-state index contributed by atoms with van der Waals surface area (Å²) >= 11 is 5.64. The monoisotopic (exact) mass is 250 g/mol. The summed E-state index contributed by atoms with van der Waals surface area (Å²) in [4.78, 5) is 18.6. The highest BCUT2D eigenvalue weighted by Gasteiger charge is 2.11. The zero-order chi connectivity index (χ0) is 12.3. The van der Waals surface area contributed by atoms with Gasteiger partial charge in [-0.25, -0.2) is 4.79 Å². The van der Waals surface area contributed by atoms with Crippen molar-refractivity contribution >= 4 is 17.6 Å². The normalized spacial score (nSPS) is 9.94. The molecule has 0 saturated heterocycles. The SMILES string of the molecule is O=C(O)c1ccccc1Oc1cncc(Cl)n1. The molecule has 1 aromatic carbocycles. The molecule has 0 spiro atoms. The summed E-state index contributed by atoms with van der Waals surface area (Å²) in [6.07, 6.45) is 2.71. The average molecular weight is 251 g/mol. The average Bonchev–Trinajstić information content (AvgIpc) is 2.29. The molecule has 0 saturated carbocycles. The van der Waals surface area contributed by atoms with Gasteiger partial charge >= 0.3 is 5.97 Å². The fourth-order valence-corrected chi connectivity index (χ4v) is 1.36. The number of carbonyl (C=O) groups is 1. The molecule has 0 fully saturated rings. The third-order valence-electron chi connectivity index (χ3n) is 1.92. The van der Waals surface area contributed by atoms with E-state index in [0.29, 0.717) is 0 Å². The minimum Gasteiger partial charge on any atom is -0.478 e. The molecule has 2 aromatic rings. The van der Waals surface area contributed by atoms with Crippen LogP contribution >= 0.6 is 11.6 Å². The van der Waals surface area contributed by atoms with Crippen molar-refractivity contribution in [3.05, 3.63) is 47.4 Å². The fourth-order valence-electron chi connectivity index (χ4n) is 1.22. The van der Waals surface area contributed by atoms with Gasteiger partial charge in [0.05, 0.1) is 12.4 Å². The highest BCUT2D eigenvalue weighted by Crippen LogP contribution is 2.23. The molecule has 1 N–H and O–H groups in total. The highest BCUT2D eigenvalue weighted by atomic mass is 35.5. The summed E-state index contributed by atoms with van der Waals surface area (Å²) in [6, 6.07) is 6.25. The molecule has 0 unspecified atom stereocenters. The predicted octanol–water partition coefficient (Wildman–Crippen LogP) is 2.62.